The van der Waals surface area contributed by atoms with Crippen molar-refractivity contribution < 1.29 is 9.47 Å². The van der Waals surface area contributed by atoms with Gasteiger partial charge in [0.05, 0.1) is 18.6 Å². The Hall–Kier alpha value is -0.410. The molecular formula is C16H20BrClO2. The van der Waals surface area contributed by atoms with Gasteiger partial charge in [0.25, 0.3) is 0 Å². The molecule has 0 radical (unpaired) electrons. The van der Waals surface area contributed by atoms with Gasteiger partial charge in [-0.2, -0.15) is 0 Å². The molecule has 1 unspecified atom stereocenters. The second-order valence-electron chi connectivity index (χ2n) is 5.72. The van der Waals surface area contributed by atoms with Crippen LogP contribution in [-0.4, -0.2) is 13.2 Å². The number of hydrogen-bond donors (Lipinski definition) is 0. The zero-order chi connectivity index (χ0) is 13.9. The van der Waals surface area contributed by atoms with Crippen LogP contribution in [0.1, 0.15) is 49.5 Å². The number of benzene rings is 1. The summed E-state index contributed by atoms with van der Waals surface area (Å²) in [7, 11) is 0. The number of hydrogen-bond acceptors (Lipinski definition) is 2. The Morgan fingerprint density at radius 2 is 1.75 bits per heavy atom. The fraction of sp³-hybridized carbons (Fsp3) is 0.625. The molecule has 20 heavy (non-hydrogen) atoms. The summed E-state index contributed by atoms with van der Waals surface area (Å²) >= 11 is 10.3. The fourth-order valence-corrected chi connectivity index (χ4v) is 4.27. The molecule has 4 heteroatoms. The van der Waals surface area contributed by atoms with Gasteiger partial charge in [0.15, 0.2) is 11.5 Å². The summed E-state index contributed by atoms with van der Waals surface area (Å²) in [6, 6.07) is 4.05. The predicted molar refractivity (Wildman–Crippen MR) is 84.9 cm³/mol. The molecule has 0 bridgehead atoms. The summed E-state index contributed by atoms with van der Waals surface area (Å²) in [5.74, 6) is 2.43. The summed E-state index contributed by atoms with van der Waals surface area (Å²) in [6.07, 6.45) is 7.34. The zero-order valence-electron chi connectivity index (χ0n) is 11.5. The first-order chi connectivity index (χ1) is 9.74. The standard InChI is InChI=1S/C16H20BrClO2/c17-13-10-16-15(19-6-3-7-20-16)9-12(13)14(18)8-11-4-1-2-5-11/h9-11,14H,1-8H2. The van der Waals surface area contributed by atoms with Gasteiger partial charge in [-0.3, -0.25) is 0 Å². The van der Waals surface area contributed by atoms with Crippen LogP contribution in [0.2, 0.25) is 0 Å². The molecule has 0 N–H and O–H groups in total. The first-order valence-corrected chi connectivity index (χ1v) is 8.70. The molecule has 0 spiro atoms. The molecule has 2 nitrogen and oxygen atoms in total. The molecule has 1 aliphatic heterocycles. The van der Waals surface area contributed by atoms with E-state index in [-0.39, 0.29) is 5.38 Å². The maximum Gasteiger partial charge on any atom is 0.162 e. The van der Waals surface area contributed by atoms with Crippen LogP contribution in [0.3, 0.4) is 0 Å². The van der Waals surface area contributed by atoms with Crippen LogP contribution in [0.15, 0.2) is 16.6 Å². The van der Waals surface area contributed by atoms with Crippen LogP contribution in [0.4, 0.5) is 0 Å². The monoisotopic (exact) mass is 358 g/mol. The van der Waals surface area contributed by atoms with E-state index < -0.39 is 0 Å². The Morgan fingerprint density at radius 1 is 1.10 bits per heavy atom. The summed E-state index contributed by atoms with van der Waals surface area (Å²) in [5.41, 5.74) is 1.13. The third-order valence-electron chi connectivity index (χ3n) is 4.22. The normalized spacial score (nSPS) is 20.7. The van der Waals surface area contributed by atoms with Crippen molar-refractivity contribution in [2.75, 3.05) is 13.2 Å². The van der Waals surface area contributed by atoms with Crippen molar-refractivity contribution in [3.8, 4) is 11.5 Å². The lowest BCUT2D eigenvalue weighted by Crippen LogP contribution is -2.02. The van der Waals surface area contributed by atoms with E-state index in [0.29, 0.717) is 13.2 Å². The molecule has 3 rings (SSSR count). The molecule has 0 aromatic heterocycles. The SMILES string of the molecule is ClC(CC1CCCC1)c1cc2c(cc1Br)OCCCO2. The average molecular weight is 360 g/mol. The number of fused-ring (bicyclic) bond motifs is 1. The minimum Gasteiger partial charge on any atom is -0.490 e. The van der Waals surface area contributed by atoms with Crippen molar-refractivity contribution in [2.45, 2.75) is 43.9 Å². The van der Waals surface area contributed by atoms with E-state index in [1.54, 1.807) is 0 Å². The fourth-order valence-electron chi connectivity index (χ4n) is 3.11. The zero-order valence-corrected chi connectivity index (χ0v) is 13.9. The van der Waals surface area contributed by atoms with Gasteiger partial charge < -0.3 is 9.47 Å². The van der Waals surface area contributed by atoms with E-state index in [1.807, 2.05) is 6.07 Å². The summed E-state index contributed by atoms with van der Waals surface area (Å²) in [5, 5.41) is 0.0460. The van der Waals surface area contributed by atoms with Crippen molar-refractivity contribution >= 4 is 27.5 Å². The molecular weight excluding hydrogens is 340 g/mol. The van der Waals surface area contributed by atoms with Crippen LogP contribution < -0.4 is 9.47 Å². The van der Waals surface area contributed by atoms with Gasteiger partial charge in [-0.05, 0) is 30.0 Å². The highest BCUT2D eigenvalue weighted by atomic mass is 79.9. The molecule has 1 aliphatic carbocycles. The maximum absolute atomic E-state index is 6.65. The van der Waals surface area contributed by atoms with Gasteiger partial charge in [-0.1, -0.05) is 41.6 Å². The molecule has 1 aromatic rings. The van der Waals surface area contributed by atoms with Gasteiger partial charge in [0, 0.05) is 10.9 Å². The van der Waals surface area contributed by atoms with Gasteiger partial charge >= 0.3 is 0 Å². The van der Waals surface area contributed by atoms with Crippen molar-refractivity contribution in [1.29, 1.82) is 0 Å². The quantitative estimate of drug-likeness (QED) is 0.666. The van der Waals surface area contributed by atoms with Crippen molar-refractivity contribution in [3.05, 3.63) is 22.2 Å². The molecule has 1 atom stereocenters. The van der Waals surface area contributed by atoms with Crippen molar-refractivity contribution in [1.82, 2.24) is 0 Å². The lowest BCUT2D eigenvalue weighted by atomic mass is 9.97. The van der Waals surface area contributed by atoms with E-state index in [0.717, 1.165) is 40.3 Å². The Kier molecular flexibility index (Phi) is 4.77. The van der Waals surface area contributed by atoms with Gasteiger partial charge in [-0.15, -0.1) is 11.6 Å². The minimum atomic E-state index is 0.0460. The summed E-state index contributed by atoms with van der Waals surface area (Å²) in [6.45, 7) is 1.43. The van der Waals surface area contributed by atoms with Crippen LogP contribution in [0.25, 0.3) is 0 Å². The van der Waals surface area contributed by atoms with E-state index in [4.69, 9.17) is 21.1 Å². The molecule has 2 aliphatic rings. The highest BCUT2D eigenvalue weighted by molar-refractivity contribution is 9.10. The smallest absolute Gasteiger partial charge is 0.162 e. The molecule has 1 fully saturated rings. The average Bonchev–Trinajstić information content (AvgIpc) is 2.82. The Bertz CT molecular complexity index is 472. The van der Waals surface area contributed by atoms with Crippen LogP contribution in [0, 0.1) is 5.92 Å². The van der Waals surface area contributed by atoms with E-state index in [9.17, 15) is 0 Å². The van der Waals surface area contributed by atoms with Crippen LogP contribution >= 0.6 is 27.5 Å². The van der Waals surface area contributed by atoms with Gasteiger partial charge in [0.1, 0.15) is 0 Å². The first kappa shape index (κ1) is 14.5. The Balaban J connectivity index is 1.79. The topological polar surface area (TPSA) is 18.5 Å². The number of ether oxygens (including phenoxy) is 2. The van der Waals surface area contributed by atoms with Crippen molar-refractivity contribution in [3.63, 3.8) is 0 Å². The van der Waals surface area contributed by atoms with Crippen LogP contribution in [-0.2, 0) is 0 Å². The Labute approximate surface area is 133 Å². The number of halogens is 2. The summed E-state index contributed by atoms with van der Waals surface area (Å²) in [4.78, 5) is 0. The highest BCUT2D eigenvalue weighted by Crippen LogP contribution is 2.43. The lowest BCUT2D eigenvalue weighted by Gasteiger charge is -2.18. The van der Waals surface area contributed by atoms with Gasteiger partial charge in [0.2, 0.25) is 0 Å². The largest absolute Gasteiger partial charge is 0.490 e. The molecule has 1 aromatic carbocycles. The van der Waals surface area contributed by atoms with Gasteiger partial charge in [-0.25, -0.2) is 0 Å². The minimum absolute atomic E-state index is 0.0460. The second kappa shape index (κ2) is 6.57. The van der Waals surface area contributed by atoms with Crippen LogP contribution in [0.5, 0.6) is 11.5 Å². The van der Waals surface area contributed by atoms with Crippen molar-refractivity contribution in [2.24, 2.45) is 5.92 Å². The molecule has 1 heterocycles. The molecule has 0 saturated heterocycles. The number of alkyl halides is 1. The van der Waals surface area contributed by atoms with E-state index in [1.165, 1.54) is 25.7 Å². The maximum atomic E-state index is 6.65. The third-order valence-corrected chi connectivity index (χ3v) is 5.32. The van der Waals surface area contributed by atoms with E-state index >= 15 is 0 Å². The first-order valence-electron chi connectivity index (χ1n) is 7.47. The summed E-state index contributed by atoms with van der Waals surface area (Å²) < 4.78 is 12.5. The third kappa shape index (κ3) is 3.25. The highest BCUT2D eigenvalue weighted by Gasteiger charge is 2.23. The molecule has 110 valence electrons. The molecule has 0 amide bonds. The lowest BCUT2D eigenvalue weighted by molar-refractivity contribution is 0.297. The second-order valence-corrected chi connectivity index (χ2v) is 7.11. The predicted octanol–water partition coefficient (Wildman–Crippen LogP) is 5.47. The Morgan fingerprint density at radius 3 is 2.45 bits per heavy atom. The molecule has 1 saturated carbocycles. The number of rotatable bonds is 3. The van der Waals surface area contributed by atoms with E-state index in [2.05, 4.69) is 22.0 Å².